The summed E-state index contributed by atoms with van der Waals surface area (Å²) >= 11 is 3.39. The molecule has 5 heteroatoms. The standard InChI is InChI=1S/C7H6N2OS2/c10-7-6-5(12-6)4-3(1-8-7)9-2-11-4/h2,5-6H,1H2,(H,8,10). The Bertz CT molecular complexity index is 349. The maximum atomic E-state index is 11.3. The molecule has 2 aliphatic heterocycles. The molecule has 1 amide bonds. The van der Waals surface area contributed by atoms with E-state index in [1.807, 2.05) is 5.51 Å². The van der Waals surface area contributed by atoms with Crippen LogP contribution in [0, 0.1) is 0 Å². The summed E-state index contributed by atoms with van der Waals surface area (Å²) in [5, 5.41) is 3.45. The normalized spacial score (nSPS) is 31.5. The fourth-order valence-corrected chi connectivity index (χ4v) is 3.62. The summed E-state index contributed by atoms with van der Waals surface area (Å²) < 4.78 is 0. The lowest BCUT2D eigenvalue weighted by molar-refractivity contribution is -0.120. The van der Waals surface area contributed by atoms with Crippen LogP contribution in [0.3, 0.4) is 0 Å². The van der Waals surface area contributed by atoms with E-state index < -0.39 is 0 Å². The van der Waals surface area contributed by atoms with E-state index in [-0.39, 0.29) is 11.2 Å². The van der Waals surface area contributed by atoms with Gasteiger partial charge in [-0.1, -0.05) is 0 Å². The van der Waals surface area contributed by atoms with Crippen LogP contribution < -0.4 is 5.32 Å². The molecule has 62 valence electrons. The minimum Gasteiger partial charge on any atom is -0.349 e. The summed E-state index contributed by atoms with van der Waals surface area (Å²) in [5.41, 5.74) is 2.92. The van der Waals surface area contributed by atoms with Crippen molar-refractivity contribution in [2.24, 2.45) is 0 Å². The van der Waals surface area contributed by atoms with Crippen LogP contribution in [0.15, 0.2) is 5.51 Å². The summed E-state index contributed by atoms with van der Waals surface area (Å²) in [7, 11) is 0. The van der Waals surface area contributed by atoms with Crippen LogP contribution >= 0.6 is 23.1 Å². The van der Waals surface area contributed by atoms with Crippen molar-refractivity contribution in [2.75, 3.05) is 0 Å². The van der Waals surface area contributed by atoms with Gasteiger partial charge in [-0.2, -0.15) is 0 Å². The van der Waals surface area contributed by atoms with Crippen LogP contribution in [0.25, 0.3) is 0 Å². The fourth-order valence-electron chi connectivity index (χ4n) is 1.43. The maximum absolute atomic E-state index is 11.3. The van der Waals surface area contributed by atoms with E-state index >= 15 is 0 Å². The van der Waals surface area contributed by atoms with Crippen LogP contribution in [0.4, 0.5) is 0 Å². The Morgan fingerprint density at radius 2 is 2.50 bits per heavy atom. The zero-order chi connectivity index (χ0) is 8.13. The number of nitrogens with one attached hydrogen (secondary N) is 1. The Labute approximate surface area is 77.6 Å². The lowest BCUT2D eigenvalue weighted by Gasteiger charge is -1.97. The lowest BCUT2D eigenvalue weighted by Crippen LogP contribution is -2.25. The van der Waals surface area contributed by atoms with Gasteiger partial charge in [-0.15, -0.1) is 23.1 Å². The van der Waals surface area contributed by atoms with Crippen LogP contribution in [0.2, 0.25) is 0 Å². The Morgan fingerprint density at radius 3 is 3.42 bits per heavy atom. The summed E-state index contributed by atoms with van der Waals surface area (Å²) in [6.45, 7) is 0.616. The molecule has 1 aromatic heterocycles. The van der Waals surface area contributed by atoms with Crippen LogP contribution in [-0.4, -0.2) is 16.1 Å². The monoisotopic (exact) mass is 198 g/mol. The van der Waals surface area contributed by atoms with Gasteiger partial charge in [-0.05, 0) is 0 Å². The molecule has 12 heavy (non-hydrogen) atoms. The van der Waals surface area contributed by atoms with Gasteiger partial charge in [-0.3, -0.25) is 4.79 Å². The third-order valence-electron chi connectivity index (χ3n) is 2.11. The number of carbonyl (C=O) groups excluding carboxylic acids is 1. The fraction of sp³-hybridized carbons (Fsp3) is 0.429. The van der Waals surface area contributed by atoms with Gasteiger partial charge < -0.3 is 5.32 Å². The van der Waals surface area contributed by atoms with E-state index in [1.165, 1.54) is 4.88 Å². The highest BCUT2D eigenvalue weighted by Crippen LogP contribution is 2.57. The molecule has 1 saturated heterocycles. The molecular formula is C7H6N2OS2. The predicted octanol–water partition coefficient (Wildman–Crippen LogP) is 0.929. The SMILES string of the molecule is O=C1NCc2ncsc2C2SC12. The molecule has 3 heterocycles. The van der Waals surface area contributed by atoms with Crippen molar-refractivity contribution in [3.63, 3.8) is 0 Å². The number of thioether (sulfide) groups is 1. The minimum atomic E-state index is 0.173. The van der Waals surface area contributed by atoms with Crippen LogP contribution in [0.1, 0.15) is 15.8 Å². The van der Waals surface area contributed by atoms with E-state index in [9.17, 15) is 4.79 Å². The molecule has 2 aliphatic rings. The van der Waals surface area contributed by atoms with Crippen molar-refractivity contribution in [2.45, 2.75) is 17.0 Å². The van der Waals surface area contributed by atoms with Crippen LogP contribution in [0.5, 0.6) is 0 Å². The lowest BCUT2D eigenvalue weighted by atomic mass is 10.2. The molecule has 2 atom stereocenters. The second-order valence-electron chi connectivity index (χ2n) is 2.86. The number of hydrogen-bond acceptors (Lipinski definition) is 4. The summed E-state index contributed by atoms with van der Waals surface area (Å²) in [6.07, 6.45) is 0. The van der Waals surface area contributed by atoms with Gasteiger partial charge in [0.1, 0.15) is 5.25 Å². The first-order valence-electron chi connectivity index (χ1n) is 3.71. The molecule has 0 spiro atoms. The zero-order valence-corrected chi connectivity index (χ0v) is 7.74. The Balaban J connectivity index is 2.06. The van der Waals surface area contributed by atoms with Crippen molar-refractivity contribution < 1.29 is 4.79 Å². The molecule has 1 fully saturated rings. The number of thiazole rings is 1. The topological polar surface area (TPSA) is 42.0 Å². The van der Waals surface area contributed by atoms with Gasteiger partial charge in [0.2, 0.25) is 5.91 Å². The number of rotatable bonds is 0. The average Bonchev–Trinajstić information content (AvgIpc) is 2.75. The van der Waals surface area contributed by atoms with Gasteiger partial charge in [-0.25, -0.2) is 4.98 Å². The van der Waals surface area contributed by atoms with Crippen molar-refractivity contribution in [1.29, 1.82) is 0 Å². The molecule has 2 unspecified atom stereocenters. The molecular weight excluding hydrogens is 192 g/mol. The van der Waals surface area contributed by atoms with Crippen molar-refractivity contribution >= 4 is 29.0 Å². The number of fused-ring (bicyclic) bond motifs is 3. The van der Waals surface area contributed by atoms with Crippen molar-refractivity contribution in [3.8, 4) is 0 Å². The predicted molar refractivity (Wildman–Crippen MR) is 48.1 cm³/mol. The van der Waals surface area contributed by atoms with Crippen LogP contribution in [-0.2, 0) is 11.3 Å². The largest absolute Gasteiger partial charge is 0.349 e. The highest BCUT2D eigenvalue weighted by Gasteiger charge is 2.48. The number of carbonyl (C=O) groups is 1. The first kappa shape index (κ1) is 6.91. The summed E-state index contributed by atoms with van der Waals surface area (Å²) in [4.78, 5) is 16.8. The number of nitrogens with zero attached hydrogens (tertiary/aromatic N) is 1. The average molecular weight is 198 g/mol. The first-order valence-corrected chi connectivity index (χ1v) is 5.54. The smallest absolute Gasteiger partial charge is 0.234 e. The zero-order valence-electron chi connectivity index (χ0n) is 6.11. The van der Waals surface area contributed by atoms with E-state index in [4.69, 9.17) is 0 Å². The molecule has 3 rings (SSSR count). The molecule has 1 N–H and O–H groups in total. The quantitative estimate of drug-likeness (QED) is 0.631. The van der Waals surface area contributed by atoms with E-state index in [0.717, 1.165) is 5.69 Å². The molecule has 0 aromatic carbocycles. The number of hydrogen-bond donors (Lipinski definition) is 1. The molecule has 3 nitrogen and oxygen atoms in total. The van der Waals surface area contributed by atoms with Gasteiger partial charge in [0.15, 0.2) is 0 Å². The molecule has 0 saturated carbocycles. The van der Waals surface area contributed by atoms with Gasteiger partial charge in [0.25, 0.3) is 0 Å². The second-order valence-corrected chi connectivity index (χ2v) is 5.03. The van der Waals surface area contributed by atoms with E-state index in [2.05, 4.69) is 10.3 Å². The first-order chi connectivity index (χ1) is 5.86. The summed E-state index contributed by atoms with van der Waals surface area (Å²) in [5.74, 6) is 0.176. The second kappa shape index (κ2) is 2.23. The Morgan fingerprint density at radius 1 is 1.58 bits per heavy atom. The number of amides is 1. The van der Waals surface area contributed by atoms with Gasteiger partial charge >= 0.3 is 0 Å². The van der Waals surface area contributed by atoms with E-state index in [0.29, 0.717) is 11.8 Å². The van der Waals surface area contributed by atoms with Crippen molar-refractivity contribution in [1.82, 2.24) is 10.3 Å². The Hall–Kier alpha value is -0.550. The summed E-state index contributed by atoms with van der Waals surface area (Å²) in [6, 6.07) is 0. The van der Waals surface area contributed by atoms with Crippen molar-refractivity contribution in [3.05, 3.63) is 16.1 Å². The van der Waals surface area contributed by atoms with Gasteiger partial charge in [0, 0.05) is 4.88 Å². The maximum Gasteiger partial charge on any atom is 0.234 e. The molecule has 0 aliphatic carbocycles. The molecule has 0 bridgehead atoms. The highest BCUT2D eigenvalue weighted by molar-refractivity contribution is 8.08. The molecule has 0 radical (unpaired) electrons. The van der Waals surface area contributed by atoms with E-state index in [1.54, 1.807) is 23.1 Å². The third kappa shape index (κ3) is 0.834. The third-order valence-corrected chi connectivity index (χ3v) is 4.48. The molecule has 1 aromatic rings. The highest BCUT2D eigenvalue weighted by atomic mass is 32.2. The minimum absolute atomic E-state index is 0.173. The van der Waals surface area contributed by atoms with Gasteiger partial charge in [0.05, 0.1) is 23.0 Å². The number of aromatic nitrogens is 1. The Kier molecular flexibility index (Phi) is 1.29.